The van der Waals surface area contributed by atoms with E-state index in [1.54, 1.807) is 6.07 Å². The van der Waals surface area contributed by atoms with E-state index in [-0.39, 0.29) is 6.04 Å². The van der Waals surface area contributed by atoms with E-state index in [0.29, 0.717) is 11.7 Å². The minimum absolute atomic E-state index is 0.267. The Hall–Kier alpha value is -1.28. The van der Waals surface area contributed by atoms with Crippen LogP contribution < -0.4 is 5.32 Å². The summed E-state index contributed by atoms with van der Waals surface area (Å²) in [4.78, 5) is 0. The van der Waals surface area contributed by atoms with Crippen molar-refractivity contribution in [2.24, 2.45) is 0 Å². The summed E-state index contributed by atoms with van der Waals surface area (Å²) in [5.74, 6) is 0.941. The van der Waals surface area contributed by atoms with Gasteiger partial charge in [0, 0.05) is 18.2 Å². The van der Waals surface area contributed by atoms with E-state index in [0.717, 1.165) is 18.5 Å². The van der Waals surface area contributed by atoms with Gasteiger partial charge < -0.3 is 10.4 Å². The fourth-order valence-electron chi connectivity index (χ4n) is 2.75. The minimum Gasteiger partial charge on any atom is -0.508 e. The minimum atomic E-state index is 0.267. The molecule has 1 aromatic carbocycles. The Bertz CT molecular complexity index is 411. The van der Waals surface area contributed by atoms with Gasteiger partial charge in [-0.1, -0.05) is 19.1 Å². The lowest BCUT2D eigenvalue weighted by molar-refractivity contribution is 0.451. The molecular weight excluding hydrogens is 198 g/mol. The number of hydrogen-bond acceptors (Lipinski definition) is 2. The Morgan fingerprint density at radius 3 is 2.94 bits per heavy atom. The molecule has 1 aliphatic carbocycles. The van der Waals surface area contributed by atoms with Gasteiger partial charge in [-0.2, -0.15) is 0 Å². The van der Waals surface area contributed by atoms with Gasteiger partial charge in [0.1, 0.15) is 5.75 Å². The number of benzene rings is 1. The number of phenolic OH excluding ortho intramolecular Hbond substituents is 1. The summed E-state index contributed by atoms with van der Waals surface area (Å²) in [6.07, 6.45) is 2.91. The van der Waals surface area contributed by atoms with E-state index in [4.69, 9.17) is 0 Å². The van der Waals surface area contributed by atoms with Crippen LogP contribution in [0.15, 0.2) is 24.8 Å². The van der Waals surface area contributed by atoms with E-state index in [1.807, 2.05) is 12.1 Å². The summed E-state index contributed by atoms with van der Waals surface area (Å²) >= 11 is 0. The van der Waals surface area contributed by atoms with E-state index in [2.05, 4.69) is 25.7 Å². The van der Waals surface area contributed by atoms with Gasteiger partial charge in [0.2, 0.25) is 0 Å². The molecule has 0 fully saturated rings. The van der Waals surface area contributed by atoms with Crippen LogP contribution >= 0.6 is 0 Å². The summed E-state index contributed by atoms with van der Waals surface area (Å²) in [7, 11) is 0. The van der Waals surface area contributed by atoms with Crippen LogP contribution in [-0.2, 0) is 0 Å². The summed E-state index contributed by atoms with van der Waals surface area (Å²) in [6.45, 7) is 8.83. The van der Waals surface area contributed by atoms with E-state index < -0.39 is 0 Å². The number of nitrogens with one attached hydrogen (secondary N) is 1. The number of aromatic hydroxyl groups is 1. The van der Waals surface area contributed by atoms with E-state index in [9.17, 15) is 5.11 Å². The first-order valence-corrected chi connectivity index (χ1v) is 5.81. The molecule has 2 rings (SSSR count). The number of hydrogen-bond donors (Lipinski definition) is 2. The van der Waals surface area contributed by atoms with Crippen LogP contribution in [0.3, 0.4) is 0 Å². The normalized spacial score (nSPS) is 23.1. The molecule has 0 heterocycles. The second-order valence-corrected chi connectivity index (χ2v) is 4.62. The maximum Gasteiger partial charge on any atom is 0.120 e. The molecule has 0 bridgehead atoms. The molecule has 0 spiro atoms. The van der Waals surface area contributed by atoms with Crippen molar-refractivity contribution in [3.8, 4) is 5.75 Å². The van der Waals surface area contributed by atoms with Crippen molar-refractivity contribution in [2.45, 2.75) is 32.2 Å². The lowest BCUT2D eigenvalue weighted by Crippen LogP contribution is -2.19. The molecule has 0 amide bonds. The molecule has 0 aromatic heterocycles. The number of fused-ring (bicyclic) bond motifs is 1. The zero-order chi connectivity index (χ0) is 11.7. The molecule has 2 atom stereocenters. The van der Waals surface area contributed by atoms with Gasteiger partial charge in [-0.3, -0.25) is 0 Å². The Morgan fingerprint density at radius 1 is 1.50 bits per heavy atom. The first-order chi connectivity index (χ1) is 7.65. The third-order valence-electron chi connectivity index (χ3n) is 3.42. The van der Waals surface area contributed by atoms with Gasteiger partial charge in [0.25, 0.3) is 0 Å². The fourth-order valence-corrected chi connectivity index (χ4v) is 2.75. The molecule has 2 unspecified atom stereocenters. The molecule has 86 valence electrons. The van der Waals surface area contributed by atoms with Gasteiger partial charge in [-0.15, -0.1) is 6.58 Å². The quantitative estimate of drug-likeness (QED) is 0.763. The molecule has 0 saturated carbocycles. The average molecular weight is 217 g/mol. The molecule has 2 N–H and O–H groups in total. The van der Waals surface area contributed by atoms with Crippen LogP contribution in [0.25, 0.3) is 0 Å². The molecule has 2 nitrogen and oxygen atoms in total. The van der Waals surface area contributed by atoms with Crippen LogP contribution in [0.1, 0.15) is 42.0 Å². The number of phenols is 1. The molecule has 16 heavy (non-hydrogen) atoms. The maximum atomic E-state index is 9.98. The predicted octanol–water partition coefficient (Wildman–Crippen LogP) is 3.02. The Labute approximate surface area is 97.0 Å². The zero-order valence-corrected chi connectivity index (χ0v) is 9.96. The monoisotopic (exact) mass is 217 g/mol. The summed E-state index contributed by atoms with van der Waals surface area (Å²) in [6, 6.07) is 4.07. The lowest BCUT2D eigenvalue weighted by atomic mass is 9.97. The first-order valence-electron chi connectivity index (χ1n) is 5.81. The molecule has 1 aliphatic rings. The molecule has 0 saturated heterocycles. The van der Waals surface area contributed by atoms with E-state index in [1.165, 1.54) is 11.1 Å². The van der Waals surface area contributed by atoms with Crippen LogP contribution in [0.4, 0.5) is 0 Å². The van der Waals surface area contributed by atoms with Crippen LogP contribution in [-0.4, -0.2) is 11.7 Å². The van der Waals surface area contributed by atoms with Crippen molar-refractivity contribution >= 4 is 0 Å². The lowest BCUT2D eigenvalue weighted by Gasteiger charge is -2.14. The van der Waals surface area contributed by atoms with Crippen molar-refractivity contribution in [3.63, 3.8) is 0 Å². The molecule has 0 aliphatic heterocycles. The highest BCUT2D eigenvalue weighted by Crippen LogP contribution is 2.45. The molecular formula is C14H19NO. The molecule has 0 radical (unpaired) electrons. The predicted molar refractivity (Wildman–Crippen MR) is 66.8 cm³/mol. The maximum absolute atomic E-state index is 9.98. The third-order valence-corrected chi connectivity index (χ3v) is 3.42. The zero-order valence-electron chi connectivity index (χ0n) is 9.96. The van der Waals surface area contributed by atoms with Gasteiger partial charge >= 0.3 is 0 Å². The van der Waals surface area contributed by atoms with E-state index >= 15 is 0 Å². The van der Waals surface area contributed by atoms with Gasteiger partial charge in [0.15, 0.2) is 0 Å². The summed E-state index contributed by atoms with van der Waals surface area (Å²) in [5.41, 5.74) is 3.69. The smallest absolute Gasteiger partial charge is 0.120 e. The number of aryl methyl sites for hydroxylation is 1. The standard InChI is InChI=1S/C14H19NO/c1-4-7-15-11-8-10(3)13-9(2)5-6-12(16)14(11)13/h4-6,10-11,15-16H,1,7-8H2,2-3H3. The van der Waals surface area contributed by atoms with Gasteiger partial charge in [-0.05, 0) is 36.5 Å². The highest BCUT2D eigenvalue weighted by atomic mass is 16.3. The second-order valence-electron chi connectivity index (χ2n) is 4.62. The third kappa shape index (κ3) is 1.74. The van der Waals surface area contributed by atoms with Crippen molar-refractivity contribution < 1.29 is 5.11 Å². The number of rotatable bonds is 3. The summed E-state index contributed by atoms with van der Waals surface area (Å²) < 4.78 is 0. The van der Waals surface area contributed by atoms with Crippen molar-refractivity contribution in [1.82, 2.24) is 5.32 Å². The van der Waals surface area contributed by atoms with Crippen LogP contribution in [0.2, 0.25) is 0 Å². The highest BCUT2D eigenvalue weighted by Gasteiger charge is 2.31. The van der Waals surface area contributed by atoms with Crippen LogP contribution in [0.5, 0.6) is 5.75 Å². The van der Waals surface area contributed by atoms with Crippen LogP contribution in [0, 0.1) is 6.92 Å². The average Bonchev–Trinajstić information content (AvgIpc) is 2.59. The fraction of sp³-hybridized carbons (Fsp3) is 0.429. The van der Waals surface area contributed by atoms with Gasteiger partial charge in [-0.25, -0.2) is 0 Å². The SMILES string of the molecule is C=CCNC1CC(C)c2c(C)ccc(O)c21. The van der Waals surface area contributed by atoms with Crippen molar-refractivity contribution in [3.05, 3.63) is 41.5 Å². The Kier molecular flexibility index (Phi) is 3.01. The van der Waals surface area contributed by atoms with Crippen molar-refractivity contribution in [1.29, 1.82) is 0 Å². The largest absolute Gasteiger partial charge is 0.508 e. The highest BCUT2D eigenvalue weighted by molar-refractivity contribution is 5.50. The van der Waals surface area contributed by atoms with Gasteiger partial charge in [0.05, 0.1) is 0 Å². The molecule has 1 aromatic rings. The Balaban J connectivity index is 2.40. The summed E-state index contributed by atoms with van der Waals surface area (Å²) in [5, 5.41) is 13.4. The first kappa shape index (κ1) is 11.2. The van der Waals surface area contributed by atoms with Crippen molar-refractivity contribution in [2.75, 3.05) is 6.54 Å². The molecule has 2 heteroatoms. The second kappa shape index (κ2) is 4.30. The topological polar surface area (TPSA) is 32.3 Å². The Morgan fingerprint density at radius 2 is 2.25 bits per heavy atom.